The van der Waals surface area contributed by atoms with E-state index < -0.39 is 28.7 Å². The smallest absolute Gasteiger partial charge is 0.248 e. The zero-order valence-electron chi connectivity index (χ0n) is 24.5. The highest BCUT2D eigenvalue weighted by Gasteiger charge is 2.74. The Morgan fingerprint density at radius 2 is 1.53 bits per heavy atom. The van der Waals surface area contributed by atoms with Crippen molar-refractivity contribution in [1.82, 2.24) is 4.90 Å². The summed E-state index contributed by atoms with van der Waals surface area (Å²) < 4.78 is -0.770. The van der Waals surface area contributed by atoms with E-state index in [-0.39, 0.29) is 29.6 Å². The van der Waals surface area contributed by atoms with Gasteiger partial charge in [-0.05, 0) is 68.7 Å². The van der Waals surface area contributed by atoms with Crippen LogP contribution < -0.4 is 15.5 Å². The number of rotatable bonds is 10. The maximum Gasteiger partial charge on any atom is 0.248 e. The topological polar surface area (TPSA) is 102 Å². The van der Waals surface area contributed by atoms with Crippen molar-refractivity contribution in [2.24, 2.45) is 11.8 Å². The number of thioether (sulfide) groups is 1. The van der Waals surface area contributed by atoms with Crippen LogP contribution in [0.15, 0.2) is 84.9 Å². The fourth-order valence-corrected chi connectivity index (χ4v) is 9.56. The van der Waals surface area contributed by atoms with Gasteiger partial charge in [-0.1, -0.05) is 48.5 Å². The lowest BCUT2D eigenvalue weighted by molar-refractivity contribution is -0.141. The van der Waals surface area contributed by atoms with E-state index >= 15 is 0 Å². The molecule has 0 radical (unpaired) electrons. The first-order valence-electron chi connectivity index (χ1n) is 15.1. The van der Waals surface area contributed by atoms with Crippen LogP contribution in [0.25, 0.3) is 0 Å². The van der Waals surface area contributed by atoms with Crippen LogP contribution in [0, 0.1) is 11.8 Å². The van der Waals surface area contributed by atoms with Gasteiger partial charge in [0.25, 0.3) is 0 Å². The van der Waals surface area contributed by atoms with Crippen molar-refractivity contribution in [1.29, 1.82) is 0 Å². The first kappa shape index (κ1) is 29.3. The zero-order valence-corrected chi connectivity index (χ0v) is 25.3. The minimum Gasteiger partial charge on any atom is -0.394 e. The van der Waals surface area contributed by atoms with Crippen LogP contribution in [0.5, 0.6) is 0 Å². The summed E-state index contributed by atoms with van der Waals surface area (Å²) >= 11 is 1.61. The molecular weight excluding hydrogens is 560 g/mol. The number of aliphatic hydroxyl groups is 1. The molecule has 3 aromatic rings. The number of likely N-dealkylation sites (tertiary alicyclic amines) is 1. The van der Waals surface area contributed by atoms with Crippen molar-refractivity contribution in [2.75, 3.05) is 35.2 Å². The minimum absolute atomic E-state index is 0.0623. The van der Waals surface area contributed by atoms with Gasteiger partial charge in [0, 0.05) is 35.4 Å². The molecule has 3 heterocycles. The molecule has 9 heteroatoms. The van der Waals surface area contributed by atoms with Gasteiger partial charge in [0.2, 0.25) is 17.7 Å². The maximum atomic E-state index is 14.5. The molecule has 0 aromatic heterocycles. The summed E-state index contributed by atoms with van der Waals surface area (Å²) in [6.07, 6.45) is 1.39. The van der Waals surface area contributed by atoms with Crippen LogP contribution in [0.3, 0.4) is 0 Å². The molecule has 3 aliphatic heterocycles. The van der Waals surface area contributed by atoms with E-state index in [1.54, 1.807) is 16.7 Å². The van der Waals surface area contributed by atoms with Crippen LogP contribution >= 0.6 is 11.8 Å². The standard InChI is InChI=1S/C34H38N4O4S/c1-3-37(4-2)25-17-15-24(16-18-25)36-32(41)30-34-20-19-27(43-34)28(31(40)35-23-13-9-6-10-14-23)29(34)33(42)38(30)26(21-39)22-11-7-5-8-12-22/h5-18,26-30,39H,3-4,19-21H2,1-2H3,(H,35,40)(H,36,41)/t26-,27-,28+,29+,30?,34?/m1/s1. The molecule has 1 spiro atoms. The Bertz CT molecular complexity index is 1470. The molecule has 3 amide bonds. The van der Waals surface area contributed by atoms with Gasteiger partial charge in [-0.3, -0.25) is 14.4 Å². The molecule has 0 aliphatic carbocycles. The summed E-state index contributed by atoms with van der Waals surface area (Å²) in [4.78, 5) is 46.4. The van der Waals surface area contributed by atoms with Crippen LogP contribution in [-0.2, 0) is 14.4 Å². The van der Waals surface area contributed by atoms with Gasteiger partial charge in [0.1, 0.15) is 6.04 Å². The molecule has 43 heavy (non-hydrogen) atoms. The molecule has 6 rings (SSSR count). The number of aliphatic hydroxyl groups excluding tert-OH is 1. The third kappa shape index (κ3) is 5.08. The molecule has 3 N–H and O–H groups in total. The number of benzene rings is 3. The number of hydrogen-bond acceptors (Lipinski definition) is 6. The lowest BCUT2D eigenvalue weighted by Crippen LogP contribution is -2.52. The zero-order chi connectivity index (χ0) is 30.1. The second-order valence-corrected chi connectivity index (χ2v) is 13.1. The van der Waals surface area contributed by atoms with Crippen molar-refractivity contribution in [3.05, 3.63) is 90.5 Å². The molecule has 3 saturated heterocycles. The monoisotopic (exact) mass is 598 g/mol. The SMILES string of the molecule is CCN(CC)c1ccc(NC(=O)C2N([C@H](CO)c3ccccc3)C(=O)[C@@H]3[C@@H](C(=O)Nc4ccccc4)[C@H]4CCC23S4)cc1. The van der Waals surface area contributed by atoms with Gasteiger partial charge in [0.05, 0.1) is 29.2 Å². The predicted octanol–water partition coefficient (Wildman–Crippen LogP) is 4.93. The van der Waals surface area contributed by atoms with Crippen LogP contribution in [0.1, 0.15) is 38.3 Å². The van der Waals surface area contributed by atoms with Crippen molar-refractivity contribution in [3.8, 4) is 0 Å². The third-order valence-corrected chi connectivity index (χ3v) is 11.2. The molecule has 6 atom stereocenters. The third-order valence-electron chi connectivity index (χ3n) is 9.29. The normalized spacial score (nSPS) is 26.2. The molecule has 224 valence electrons. The lowest BCUT2D eigenvalue weighted by atomic mass is 9.70. The molecule has 8 nitrogen and oxygen atoms in total. The Labute approximate surface area is 256 Å². The summed E-state index contributed by atoms with van der Waals surface area (Å²) in [5, 5.41) is 16.7. The number of fused-ring (bicyclic) bond motifs is 1. The summed E-state index contributed by atoms with van der Waals surface area (Å²) in [5.74, 6) is -1.98. The molecule has 3 aromatic carbocycles. The number of nitrogens with zero attached hydrogens (tertiary/aromatic N) is 2. The number of amides is 3. The van der Waals surface area contributed by atoms with E-state index in [4.69, 9.17) is 0 Å². The summed E-state index contributed by atoms with van der Waals surface area (Å²) in [6.45, 7) is 5.63. The van der Waals surface area contributed by atoms with E-state index in [0.29, 0.717) is 17.8 Å². The predicted molar refractivity (Wildman–Crippen MR) is 171 cm³/mol. The van der Waals surface area contributed by atoms with E-state index in [9.17, 15) is 19.5 Å². The first-order valence-corrected chi connectivity index (χ1v) is 16.0. The Hall–Kier alpha value is -3.82. The number of hydrogen-bond donors (Lipinski definition) is 3. The minimum atomic E-state index is -0.852. The van der Waals surface area contributed by atoms with Gasteiger partial charge in [-0.25, -0.2) is 0 Å². The Morgan fingerprint density at radius 3 is 2.16 bits per heavy atom. The van der Waals surface area contributed by atoms with Gasteiger partial charge >= 0.3 is 0 Å². The summed E-state index contributed by atoms with van der Waals surface area (Å²) in [5.41, 5.74) is 3.14. The average Bonchev–Trinajstić information content (AvgIpc) is 3.68. The molecule has 2 bridgehead atoms. The Morgan fingerprint density at radius 1 is 0.930 bits per heavy atom. The lowest BCUT2D eigenvalue weighted by Gasteiger charge is -2.37. The van der Waals surface area contributed by atoms with E-state index in [1.807, 2.05) is 84.9 Å². The van der Waals surface area contributed by atoms with Gasteiger partial charge in [0.15, 0.2) is 0 Å². The largest absolute Gasteiger partial charge is 0.394 e. The molecule has 0 saturated carbocycles. The van der Waals surface area contributed by atoms with E-state index in [1.165, 1.54) is 0 Å². The average molecular weight is 599 g/mol. The van der Waals surface area contributed by atoms with Crippen molar-refractivity contribution in [3.63, 3.8) is 0 Å². The highest BCUT2D eigenvalue weighted by atomic mass is 32.2. The number of carbonyl (C=O) groups is 3. The second-order valence-electron chi connectivity index (χ2n) is 11.5. The quantitative estimate of drug-likeness (QED) is 0.306. The fraction of sp³-hybridized carbons (Fsp3) is 0.382. The van der Waals surface area contributed by atoms with Crippen LogP contribution in [-0.4, -0.2) is 63.5 Å². The Balaban J connectivity index is 1.35. The molecule has 3 aliphatic rings. The van der Waals surface area contributed by atoms with Crippen molar-refractivity contribution in [2.45, 2.75) is 48.8 Å². The van der Waals surface area contributed by atoms with E-state index in [2.05, 4.69) is 29.4 Å². The number of anilines is 3. The number of carbonyl (C=O) groups excluding carboxylic acids is 3. The van der Waals surface area contributed by atoms with Crippen LogP contribution in [0.4, 0.5) is 17.1 Å². The molecule has 3 fully saturated rings. The summed E-state index contributed by atoms with van der Waals surface area (Å²) in [6, 6.07) is 24.8. The van der Waals surface area contributed by atoms with Crippen LogP contribution in [0.2, 0.25) is 0 Å². The second kappa shape index (κ2) is 12.1. The fourth-order valence-electron chi connectivity index (χ4n) is 7.36. The van der Waals surface area contributed by atoms with E-state index in [0.717, 1.165) is 30.8 Å². The molecule has 2 unspecified atom stereocenters. The highest BCUT2D eigenvalue weighted by molar-refractivity contribution is 8.02. The van der Waals surface area contributed by atoms with Gasteiger partial charge < -0.3 is 25.5 Å². The number of para-hydroxylation sites is 1. The highest BCUT2D eigenvalue weighted by Crippen LogP contribution is 2.67. The molecular formula is C34H38N4O4S. The van der Waals surface area contributed by atoms with Crippen molar-refractivity contribution >= 4 is 46.5 Å². The van der Waals surface area contributed by atoms with Gasteiger partial charge in [-0.2, -0.15) is 0 Å². The number of nitrogens with one attached hydrogen (secondary N) is 2. The summed E-state index contributed by atoms with van der Waals surface area (Å²) in [7, 11) is 0. The first-order chi connectivity index (χ1) is 20.9. The Kier molecular flexibility index (Phi) is 8.20. The van der Waals surface area contributed by atoms with Gasteiger partial charge in [-0.15, -0.1) is 11.8 Å². The van der Waals surface area contributed by atoms with Crippen molar-refractivity contribution < 1.29 is 19.5 Å². The maximum absolute atomic E-state index is 14.5.